The lowest BCUT2D eigenvalue weighted by Crippen LogP contribution is -2.34. The molecule has 2 nitrogen and oxygen atoms in total. The molecule has 1 heterocycles. The molecule has 1 fully saturated rings. The van der Waals surface area contributed by atoms with Gasteiger partial charge in [0.05, 0.1) is 0 Å². The van der Waals surface area contributed by atoms with Gasteiger partial charge in [-0.2, -0.15) is 0 Å². The van der Waals surface area contributed by atoms with Crippen LogP contribution < -0.4 is 5.73 Å². The minimum absolute atomic E-state index is 0.683. The lowest BCUT2D eigenvalue weighted by Gasteiger charge is -2.33. The summed E-state index contributed by atoms with van der Waals surface area (Å²) in [4.78, 5) is 2.58. The molecule has 0 saturated carbocycles. The molecule has 1 unspecified atom stereocenters. The van der Waals surface area contributed by atoms with Gasteiger partial charge < -0.3 is 5.73 Å². The summed E-state index contributed by atoms with van der Waals surface area (Å²) in [5, 5.41) is 0. The van der Waals surface area contributed by atoms with Gasteiger partial charge in [0.15, 0.2) is 0 Å². The van der Waals surface area contributed by atoms with Gasteiger partial charge in [-0.15, -0.1) is 0 Å². The van der Waals surface area contributed by atoms with Crippen LogP contribution >= 0.6 is 15.9 Å². The summed E-state index contributed by atoms with van der Waals surface area (Å²) in [6, 6.07) is 8.69. The Balaban J connectivity index is 1.75. The highest BCUT2D eigenvalue weighted by atomic mass is 79.9. The summed E-state index contributed by atoms with van der Waals surface area (Å²) in [6.45, 7) is 6.66. The molecule has 0 amide bonds. The van der Waals surface area contributed by atoms with E-state index in [0.29, 0.717) is 5.92 Å². The number of hydrogen-bond acceptors (Lipinski definition) is 2. The van der Waals surface area contributed by atoms with Crippen molar-refractivity contribution in [3.8, 4) is 0 Å². The second-order valence-electron chi connectivity index (χ2n) is 5.92. The number of rotatable bonds is 5. The van der Waals surface area contributed by atoms with Crippen LogP contribution in [0.2, 0.25) is 0 Å². The van der Waals surface area contributed by atoms with E-state index in [1.165, 1.54) is 37.9 Å². The lowest BCUT2D eigenvalue weighted by atomic mass is 9.88. The zero-order valence-electron chi connectivity index (χ0n) is 11.8. The first-order valence-corrected chi connectivity index (χ1v) is 8.13. The molecule has 106 valence electrons. The highest BCUT2D eigenvalue weighted by Crippen LogP contribution is 2.25. The first-order chi connectivity index (χ1) is 9.17. The van der Waals surface area contributed by atoms with Crippen molar-refractivity contribution in [1.29, 1.82) is 0 Å². The van der Waals surface area contributed by atoms with E-state index in [4.69, 9.17) is 5.73 Å². The summed E-state index contributed by atoms with van der Waals surface area (Å²) in [5.74, 6) is 1.57. The van der Waals surface area contributed by atoms with Crippen LogP contribution in [-0.2, 0) is 6.54 Å². The highest BCUT2D eigenvalue weighted by molar-refractivity contribution is 9.10. The van der Waals surface area contributed by atoms with Crippen molar-refractivity contribution in [2.24, 2.45) is 17.6 Å². The second-order valence-corrected chi connectivity index (χ2v) is 6.84. The van der Waals surface area contributed by atoms with Crippen LogP contribution in [-0.4, -0.2) is 24.5 Å². The van der Waals surface area contributed by atoms with Crippen LogP contribution in [0, 0.1) is 11.8 Å². The number of nitrogens with two attached hydrogens (primary N) is 1. The summed E-state index contributed by atoms with van der Waals surface area (Å²) in [7, 11) is 0. The van der Waals surface area contributed by atoms with E-state index in [1.54, 1.807) is 0 Å². The predicted octanol–water partition coefficient (Wildman–Crippen LogP) is 3.65. The molecule has 0 radical (unpaired) electrons. The maximum atomic E-state index is 5.72. The van der Waals surface area contributed by atoms with Crippen LogP contribution in [0.4, 0.5) is 0 Å². The molecule has 2 rings (SSSR count). The smallest absolute Gasteiger partial charge is 0.0233 e. The molecule has 0 aromatic heterocycles. The third-order valence-electron chi connectivity index (χ3n) is 4.16. The molecule has 1 aliphatic rings. The van der Waals surface area contributed by atoms with Gasteiger partial charge in [-0.3, -0.25) is 4.90 Å². The highest BCUT2D eigenvalue weighted by Gasteiger charge is 2.20. The molecule has 1 atom stereocenters. The maximum Gasteiger partial charge on any atom is 0.0233 e. The fraction of sp³-hybridized carbons (Fsp3) is 0.625. The van der Waals surface area contributed by atoms with E-state index in [2.05, 4.69) is 52.0 Å². The van der Waals surface area contributed by atoms with Gasteiger partial charge in [-0.05, 0) is 68.4 Å². The van der Waals surface area contributed by atoms with Crippen molar-refractivity contribution < 1.29 is 0 Å². The van der Waals surface area contributed by atoms with Crippen molar-refractivity contribution in [3.05, 3.63) is 34.3 Å². The lowest BCUT2D eigenvalue weighted by molar-refractivity contribution is 0.163. The third kappa shape index (κ3) is 4.90. The molecule has 0 bridgehead atoms. The summed E-state index contributed by atoms with van der Waals surface area (Å²) in [5.41, 5.74) is 7.13. The molecule has 2 N–H and O–H groups in total. The van der Waals surface area contributed by atoms with Gasteiger partial charge in [0.2, 0.25) is 0 Å². The number of hydrogen-bond donors (Lipinski definition) is 1. The first kappa shape index (κ1) is 15.0. The Morgan fingerprint density at radius 2 is 1.89 bits per heavy atom. The maximum absolute atomic E-state index is 5.72. The molecular formula is C16H25BrN2. The van der Waals surface area contributed by atoms with Crippen molar-refractivity contribution in [1.82, 2.24) is 4.90 Å². The quantitative estimate of drug-likeness (QED) is 0.895. The molecule has 1 aliphatic heterocycles. The fourth-order valence-corrected chi connectivity index (χ4v) is 3.16. The van der Waals surface area contributed by atoms with E-state index >= 15 is 0 Å². The van der Waals surface area contributed by atoms with Crippen molar-refractivity contribution in [2.75, 3.05) is 19.6 Å². The second kappa shape index (κ2) is 7.41. The number of benzene rings is 1. The molecule has 1 aromatic carbocycles. The average molecular weight is 325 g/mol. The summed E-state index contributed by atoms with van der Waals surface area (Å²) < 4.78 is 1.16. The van der Waals surface area contributed by atoms with Gasteiger partial charge in [-0.1, -0.05) is 35.0 Å². The standard InChI is InChI=1S/C16H25BrN2/c1-13(11-18)10-14-6-8-19(9-7-14)12-15-2-4-16(17)5-3-15/h2-5,13-14H,6-12,18H2,1H3. The van der Waals surface area contributed by atoms with Crippen LogP contribution in [0.5, 0.6) is 0 Å². The molecule has 1 saturated heterocycles. The van der Waals surface area contributed by atoms with Crippen molar-refractivity contribution in [3.63, 3.8) is 0 Å². The number of likely N-dealkylation sites (tertiary alicyclic amines) is 1. The Bertz CT molecular complexity index is 369. The van der Waals surface area contributed by atoms with Crippen LogP contribution in [0.25, 0.3) is 0 Å². The topological polar surface area (TPSA) is 29.3 Å². The predicted molar refractivity (Wildman–Crippen MR) is 85.0 cm³/mol. The number of nitrogens with zero attached hydrogens (tertiary/aromatic N) is 1. The van der Waals surface area contributed by atoms with Gasteiger partial charge in [0, 0.05) is 11.0 Å². The fourth-order valence-electron chi connectivity index (χ4n) is 2.89. The zero-order chi connectivity index (χ0) is 13.7. The summed E-state index contributed by atoms with van der Waals surface area (Å²) >= 11 is 3.48. The normalized spacial score (nSPS) is 19.5. The largest absolute Gasteiger partial charge is 0.330 e. The van der Waals surface area contributed by atoms with Gasteiger partial charge >= 0.3 is 0 Å². The Hall–Kier alpha value is -0.380. The molecule has 0 spiro atoms. The SMILES string of the molecule is CC(CN)CC1CCN(Cc2ccc(Br)cc2)CC1. The van der Waals surface area contributed by atoms with E-state index < -0.39 is 0 Å². The molecule has 0 aliphatic carbocycles. The first-order valence-electron chi connectivity index (χ1n) is 7.34. The van der Waals surface area contributed by atoms with Gasteiger partial charge in [0.25, 0.3) is 0 Å². The molecule has 1 aromatic rings. The van der Waals surface area contributed by atoms with E-state index in [-0.39, 0.29) is 0 Å². The molecular weight excluding hydrogens is 300 g/mol. The van der Waals surface area contributed by atoms with E-state index in [9.17, 15) is 0 Å². The zero-order valence-corrected chi connectivity index (χ0v) is 13.4. The number of piperidine rings is 1. The van der Waals surface area contributed by atoms with Crippen molar-refractivity contribution in [2.45, 2.75) is 32.7 Å². The Morgan fingerprint density at radius 3 is 2.47 bits per heavy atom. The van der Waals surface area contributed by atoms with E-state index in [0.717, 1.165) is 23.5 Å². The van der Waals surface area contributed by atoms with Crippen LogP contribution in [0.3, 0.4) is 0 Å². The summed E-state index contributed by atoms with van der Waals surface area (Å²) in [6.07, 6.45) is 3.98. The van der Waals surface area contributed by atoms with Gasteiger partial charge in [0.1, 0.15) is 0 Å². The minimum atomic E-state index is 0.683. The third-order valence-corrected chi connectivity index (χ3v) is 4.69. The molecule has 3 heteroatoms. The number of halogens is 1. The van der Waals surface area contributed by atoms with Gasteiger partial charge in [-0.25, -0.2) is 0 Å². The van der Waals surface area contributed by atoms with Crippen molar-refractivity contribution >= 4 is 15.9 Å². The monoisotopic (exact) mass is 324 g/mol. The van der Waals surface area contributed by atoms with Crippen LogP contribution in [0.1, 0.15) is 31.7 Å². The Kier molecular flexibility index (Phi) is 5.86. The average Bonchev–Trinajstić information content (AvgIpc) is 2.43. The minimum Gasteiger partial charge on any atom is -0.330 e. The van der Waals surface area contributed by atoms with Crippen LogP contribution in [0.15, 0.2) is 28.7 Å². The Morgan fingerprint density at radius 1 is 1.26 bits per heavy atom. The molecule has 19 heavy (non-hydrogen) atoms. The Labute approximate surface area is 125 Å². The van der Waals surface area contributed by atoms with E-state index in [1.807, 2.05) is 0 Å².